The highest BCUT2D eigenvalue weighted by molar-refractivity contribution is 7.89. The molecule has 20 heavy (non-hydrogen) atoms. The van der Waals surface area contributed by atoms with Gasteiger partial charge in [0.15, 0.2) is 5.82 Å². The maximum Gasteiger partial charge on any atom is 0.241 e. The number of aromatic nitrogens is 2. The summed E-state index contributed by atoms with van der Waals surface area (Å²) < 4.78 is 31.6. The molecule has 1 aromatic carbocycles. The van der Waals surface area contributed by atoms with E-state index < -0.39 is 10.0 Å². The van der Waals surface area contributed by atoms with Crippen molar-refractivity contribution in [1.82, 2.24) is 14.9 Å². The minimum absolute atomic E-state index is 0.0654. The van der Waals surface area contributed by atoms with Crippen LogP contribution in [0.3, 0.4) is 0 Å². The fraction of sp³-hybridized carbons (Fsp3) is 0.273. The fourth-order valence-corrected chi connectivity index (χ4v) is 3.06. The number of aryl methyl sites for hydroxylation is 2. The topological polar surface area (TPSA) is 111 Å². The van der Waals surface area contributed by atoms with Gasteiger partial charge in [0.2, 0.25) is 15.9 Å². The lowest BCUT2D eigenvalue weighted by atomic mass is 10.2. The summed E-state index contributed by atoms with van der Waals surface area (Å²) in [5.41, 5.74) is 6.33. The second-order valence-corrected chi connectivity index (χ2v) is 6.34. The smallest absolute Gasteiger partial charge is 0.241 e. The van der Waals surface area contributed by atoms with Crippen molar-refractivity contribution in [3.63, 3.8) is 0 Å². The lowest BCUT2D eigenvalue weighted by Gasteiger charge is -2.09. The Kier molecular flexibility index (Phi) is 3.98. The Bertz CT molecular complexity index is 742. The van der Waals surface area contributed by atoms with E-state index >= 15 is 0 Å². The second-order valence-electron chi connectivity index (χ2n) is 4.20. The summed E-state index contributed by atoms with van der Waals surface area (Å²) in [7, 11) is -3.74. The van der Waals surface area contributed by atoms with Crippen LogP contribution < -0.4 is 10.5 Å². The Morgan fingerprint density at radius 3 is 2.70 bits per heavy atom. The standard InChI is InChI=1S/C11H13ClN4O3S/c1-6-3-8(12)9(13)4-10(6)20(17,18)14-5-11-15-7(2)16-19-11/h3-4,14H,5,13H2,1-2H3. The van der Waals surface area contributed by atoms with Crippen molar-refractivity contribution in [3.05, 3.63) is 34.4 Å². The van der Waals surface area contributed by atoms with Gasteiger partial charge in [-0.3, -0.25) is 0 Å². The molecule has 2 rings (SSSR count). The molecule has 0 unspecified atom stereocenters. The van der Waals surface area contributed by atoms with Crippen molar-refractivity contribution in [1.29, 1.82) is 0 Å². The lowest BCUT2D eigenvalue weighted by molar-refractivity contribution is 0.372. The Morgan fingerprint density at radius 1 is 1.40 bits per heavy atom. The van der Waals surface area contributed by atoms with Crippen LogP contribution in [0, 0.1) is 13.8 Å². The van der Waals surface area contributed by atoms with Crippen LogP contribution in [0.1, 0.15) is 17.3 Å². The van der Waals surface area contributed by atoms with Gasteiger partial charge < -0.3 is 10.3 Å². The average Bonchev–Trinajstić information content (AvgIpc) is 2.77. The molecule has 0 fully saturated rings. The first-order chi connectivity index (χ1) is 9.29. The molecule has 7 nitrogen and oxygen atoms in total. The van der Waals surface area contributed by atoms with E-state index in [-0.39, 0.29) is 23.0 Å². The highest BCUT2D eigenvalue weighted by Gasteiger charge is 2.19. The molecule has 0 aliphatic carbocycles. The van der Waals surface area contributed by atoms with E-state index in [2.05, 4.69) is 14.9 Å². The third-order valence-corrected chi connectivity index (χ3v) is 4.44. The van der Waals surface area contributed by atoms with Crippen LogP contribution in [0.2, 0.25) is 5.02 Å². The molecule has 0 radical (unpaired) electrons. The Labute approximate surface area is 121 Å². The van der Waals surface area contributed by atoms with Crippen molar-refractivity contribution in [2.24, 2.45) is 0 Å². The van der Waals surface area contributed by atoms with Gasteiger partial charge >= 0.3 is 0 Å². The molecule has 2 aromatic rings. The molecule has 3 N–H and O–H groups in total. The number of sulfonamides is 1. The van der Waals surface area contributed by atoms with Gasteiger partial charge in [-0.2, -0.15) is 4.98 Å². The molecule has 0 spiro atoms. The molecule has 0 bridgehead atoms. The van der Waals surface area contributed by atoms with Crippen LogP contribution >= 0.6 is 11.6 Å². The molecule has 0 aliphatic rings. The van der Waals surface area contributed by atoms with Crippen LogP contribution in [0.15, 0.2) is 21.6 Å². The monoisotopic (exact) mass is 316 g/mol. The first kappa shape index (κ1) is 14.8. The van der Waals surface area contributed by atoms with Gasteiger partial charge in [-0.15, -0.1) is 0 Å². The number of hydrogen-bond donors (Lipinski definition) is 2. The van der Waals surface area contributed by atoms with Crippen molar-refractivity contribution in [3.8, 4) is 0 Å². The minimum Gasteiger partial charge on any atom is -0.397 e. The number of nitrogens with zero attached hydrogens (tertiary/aromatic N) is 2. The highest BCUT2D eigenvalue weighted by Crippen LogP contribution is 2.26. The molecule has 0 amide bonds. The van der Waals surface area contributed by atoms with E-state index in [0.717, 1.165) is 0 Å². The third-order valence-electron chi connectivity index (χ3n) is 2.57. The zero-order chi connectivity index (χ0) is 14.9. The quantitative estimate of drug-likeness (QED) is 0.825. The van der Waals surface area contributed by atoms with Crippen LogP contribution in [0.5, 0.6) is 0 Å². The van der Waals surface area contributed by atoms with Crippen molar-refractivity contribution in [2.75, 3.05) is 5.73 Å². The molecular weight excluding hydrogens is 304 g/mol. The van der Waals surface area contributed by atoms with Crippen LogP contribution in [0.4, 0.5) is 5.69 Å². The molecule has 0 saturated carbocycles. The minimum atomic E-state index is -3.74. The summed E-state index contributed by atoms with van der Waals surface area (Å²) >= 11 is 5.84. The number of hydrogen-bond acceptors (Lipinski definition) is 6. The van der Waals surface area contributed by atoms with E-state index in [4.69, 9.17) is 21.9 Å². The van der Waals surface area contributed by atoms with Gasteiger partial charge in [0.1, 0.15) is 0 Å². The average molecular weight is 317 g/mol. The second kappa shape index (κ2) is 5.39. The van der Waals surface area contributed by atoms with Crippen molar-refractivity contribution < 1.29 is 12.9 Å². The molecule has 0 atom stereocenters. The van der Waals surface area contributed by atoms with Crippen LogP contribution in [-0.2, 0) is 16.6 Å². The van der Waals surface area contributed by atoms with Crippen molar-refractivity contribution in [2.45, 2.75) is 25.3 Å². The van der Waals surface area contributed by atoms with Crippen molar-refractivity contribution >= 4 is 27.3 Å². The molecule has 9 heteroatoms. The highest BCUT2D eigenvalue weighted by atomic mass is 35.5. The molecule has 108 valence electrons. The summed E-state index contributed by atoms with van der Waals surface area (Å²) in [5.74, 6) is 0.622. The first-order valence-corrected chi connectivity index (χ1v) is 7.50. The number of anilines is 1. The van der Waals surface area contributed by atoms with E-state index in [1.54, 1.807) is 13.8 Å². The van der Waals surface area contributed by atoms with Gasteiger partial charge in [0, 0.05) is 0 Å². The Hall–Kier alpha value is -1.64. The molecule has 0 saturated heterocycles. The SMILES string of the molecule is Cc1noc(CNS(=O)(=O)c2cc(N)c(Cl)cc2C)n1. The van der Waals surface area contributed by atoms with Gasteiger partial charge in [0.05, 0.1) is 22.2 Å². The largest absolute Gasteiger partial charge is 0.397 e. The zero-order valence-corrected chi connectivity index (χ0v) is 12.4. The zero-order valence-electron chi connectivity index (χ0n) is 10.8. The summed E-state index contributed by atoms with van der Waals surface area (Å²) in [5, 5.41) is 3.89. The number of rotatable bonds is 4. The van der Waals surface area contributed by atoms with E-state index in [1.165, 1.54) is 12.1 Å². The maximum absolute atomic E-state index is 12.2. The van der Waals surface area contributed by atoms with Gasteiger partial charge in [0.25, 0.3) is 0 Å². The summed E-state index contributed by atoms with van der Waals surface area (Å²) in [6.45, 7) is 3.19. The number of nitrogens with one attached hydrogen (secondary N) is 1. The van der Waals surface area contributed by atoms with E-state index in [9.17, 15) is 8.42 Å². The first-order valence-electron chi connectivity index (χ1n) is 5.64. The van der Waals surface area contributed by atoms with E-state index in [0.29, 0.717) is 16.4 Å². The molecule has 1 aromatic heterocycles. The summed E-state index contributed by atoms with van der Waals surface area (Å²) in [6.07, 6.45) is 0. The Balaban J connectivity index is 2.24. The molecular formula is C11H13ClN4O3S. The lowest BCUT2D eigenvalue weighted by Crippen LogP contribution is -2.24. The van der Waals surface area contributed by atoms with Crippen LogP contribution in [0.25, 0.3) is 0 Å². The predicted molar refractivity (Wildman–Crippen MR) is 73.7 cm³/mol. The Morgan fingerprint density at radius 2 is 2.10 bits per heavy atom. The molecule has 0 aliphatic heterocycles. The molecule has 1 heterocycles. The predicted octanol–water partition coefficient (Wildman–Crippen LogP) is 1.40. The van der Waals surface area contributed by atoms with Crippen LogP contribution in [-0.4, -0.2) is 18.6 Å². The van der Waals surface area contributed by atoms with Gasteiger partial charge in [-0.05, 0) is 31.5 Å². The fourth-order valence-electron chi connectivity index (χ4n) is 1.60. The number of nitrogen functional groups attached to an aromatic ring is 1. The summed E-state index contributed by atoms with van der Waals surface area (Å²) in [6, 6.07) is 2.82. The van der Waals surface area contributed by atoms with E-state index in [1.807, 2.05) is 0 Å². The number of benzene rings is 1. The third kappa shape index (κ3) is 3.09. The van der Waals surface area contributed by atoms with Gasteiger partial charge in [-0.25, -0.2) is 13.1 Å². The summed E-state index contributed by atoms with van der Waals surface area (Å²) in [4.78, 5) is 3.98. The van der Waals surface area contributed by atoms with Gasteiger partial charge in [-0.1, -0.05) is 16.8 Å². The maximum atomic E-state index is 12.2. The number of nitrogens with two attached hydrogens (primary N) is 1. The normalized spacial score (nSPS) is 11.8. The number of halogens is 1.